The lowest BCUT2D eigenvalue weighted by Crippen LogP contribution is -2.31. The van der Waals surface area contributed by atoms with E-state index in [-0.39, 0.29) is 5.91 Å². The first-order valence-corrected chi connectivity index (χ1v) is 6.89. The number of anilines is 2. The number of hydrogen-bond acceptors (Lipinski definition) is 3. The first kappa shape index (κ1) is 14.9. The van der Waals surface area contributed by atoms with Gasteiger partial charge in [0.05, 0.1) is 7.11 Å². The molecule has 0 fully saturated rings. The lowest BCUT2D eigenvalue weighted by Gasteiger charge is -2.23. The van der Waals surface area contributed by atoms with Crippen LogP contribution in [0.25, 0.3) is 0 Å². The highest BCUT2D eigenvalue weighted by Crippen LogP contribution is 2.28. The molecule has 0 saturated carbocycles. The van der Waals surface area contributed by atoms with Crippen molar-refractivity contribution in [2.45, 2.75) is 13.8 Å². The van der Waals surface area contributed by atoms with Crippen molar-refractivity contribution < 1.29 is 9.53 Å². The van der Waals surface area contributed by atoms with Gasteiger partial charge in [-0.25, -0.2) is 0 Å². The van der Waals surface area contributed by atoms with E-state index in [1.807, 2.05) is 38.1 Å². The molecule has 2 aromatic carbocycles. The number of carbonyl (C=O) groups excluding carboxylic acids is 1. The van der Waals surface area contributed by atoms with Crippen LogP contribution in [0.2, 0.25) is 0 Å². The van der Waals surface area contributed by atoms with E-state index in [0.717, 1.165) is 11.3 Å². The van der Waals surface area contributed by atoms with Gasteiger partial charge in [-0.2, -0.15) is 0 Å². The molecular formula is C17H20N2O2. The van der Waals surface area contributed by atoms with E-state index in [0.29, 0.717) is 23.5 Å². The summed E-state index contributed by atoms with van der Waals surface area (Å²) < 4.78 is 5.27. The zero-order valence-electron chi connectivity index (χ0n) is 12.6. The van der Waals surface area contributed by atoms with E-state index in [1.165, 1.54) is 7.11 Å². The fourth-order valence-electron chi connectivity index (χ4n) is 2.32. The number of benzene rings is 2. The molecule has 2 N–H and O–H groups in total. The van der Waals surface area contributed by atoms with Crippen LogP contribution in [-0.4, -0.2) is 19.6 Å². The fraction of sp³-hybridized carbons (Fsp3) is 0.235. The van der Waals surface area contributed by atoms with Gasteiger partial charge < -0.3 is 15.4 Å². The van der Waals surface area contributed by atoms with Gasteiger partial charge in [0, 0.05) is 17.9 Å². The maximum atomic E-state index is 12.9. The summed E-state index contributed by atoms with van der Waals surface area (Å²) in [7, 11) is 1.54. The number of amides is 1. The predicted molar refractivity (Wildman–Crippen MR) is 85.9 cm³/mol. The highest BCUT2D eigenvalue weighted by Gasteiger charge is 2.22. The zero-order valence-corrected chi connectivity index (χ0v) is 12.6. The van der Waals surface area contributed by atoms with Crippen LogP contribution in [-0.2, 0) is 0 Å². The van der Waals surface area contributed by atoms with E-state index in [9.17, 15) is 4.79 Å². The van der Waals surface area contributed by atoms with E-state index < -0.39 is 0 Å². The first-order valence-electron chi connectivity index (χ1n) is 6.89. The Bertz CT molecular complexity index is 653. The molecule has 4 heteroatoms. The van der Waals surface area contributed by atoms with Gasteiger partial charge in [-0.1, -0.05) is 18.2 Å². The summed E-state index contributed by atoms with van der Waals surface area (Å²) in [6, 6.07) is 13.1. The molecule has 0 bridgehead atoms. The zero-order chi connectivity index (χ0) is 15.4. The predicted octanol–water partition coefficient (Wildman–Crippen LogP) is 3.25. The molecule has 1 amide bonds. The van der Waals surface area contributed by atoms with Crippen molar-refractivity contribution in [3.05, 3.63) is 53.6 Å². The van der Waals surface area contributed by atoms with Gasteiger partial charge in [0.25, 0.3) is 5.91 Å². The Morgan fingerprint density at radius 2 is 1.95 bits per heavy atom. The van der Waals surface area contributed by atoms with Crippen molar-refractivity contribution in [1.82, 2.24) is 0 Å². The molecule has 0 aliphatic heterocycles. The maximum Gasteiger partial charge on any atom is 0.264 e. The summed E-state index contributed by atoms with van der Waals surface area (Å²) in [4.78, 5) is 14.5. The Morgan fingerprint density at radius 1 is 1.24 bits per heavy atom. The second kappa shape index (κ2) is 6.31. The maximum absolute atomic E-state index is 12.9. The van der Waals surface area contributed by atoms with Crippen LogP contribution in [0.4, 0.5) is 11.4 Å². The lowest BCUT2D eigenvalue weighted by molar-refractivity contribution is 0.0986. The van der Waals surface area contributed by atoms with Crippen molar-refractivity contribution in [1.29, 1.82) is 0 Å². The van der Waals surface area contributed by atoms with Gasteiger partial charge in [0.2, 0.25) is 0 Å². The smallest absolute Gasteiger partial charge is 0.264 e. The van der Waals surface area contributed by atoms with E-state index in [2.05, 4.69) is 0 Å². The summed E-state index contributed by atoms with van der Waals surface area (Å²) in [5, 5.41) is 0. The first-order chi connectivity index (χ1) is 10.1. The SMILES string of the molecule is CCN(C(=O)c1c(N)cccc1OC)c1cccc(C)c1. The van der Waals surface area contributed by atoms with Gasteiger partial charge >= 0.3 is 0 Å². The highest BCUT2D eigenvalue weighted by atomic mass is 16.5. The third-order valence-electron chi connectivity index (χ3n) is 3.37. The van der Waals surface area contributed by atoms with Gasteiger partial charge in [0.1, 0.15) is 11.3 Å². The van der Waals surface area contributed by atoms with Crippen molar-refractivity contribution >= 4 is 17.3 Å². The van der Waals surface area contributed by atoms with Crippen molar-refractivity contribution in [3.8, 4) is 5.75 Å². The Balaban J connectivity index is 2.47. The van der Waals surface area contributed by atoms with E-state index in [4.69, 9.17) is 10.5 Å². The molecule has 21 heavy (non-hydrogen) atoms. The van der Waals surface area contributed by atoms with E-state index >= 15 is 0 Å². The number of hydrogen-bond donors (Lipinski definition) is 1. The van der Waals surface area contributed by atoms with Gasteiger partial charge in [-0.05, 0) is 43.7 Å². The summed E-state index contributed by atoms with van der Waals surface area (Å²) in [5.41, 5.74) is 8.76. The van der Waals surface area contributed by atoms with Crippen molar-refractivity contribution in [2.24, 2.45) is 0 Å². The second-order valence-electron chi connectivity index (χ2n) is 4.81. The number of nitrogens with two attached hydrogens (primary N) is 1. The van der Waals surface area contributed by atoms with Gasteiger partial charge in [-0.3, -0.25) is 4.79 Å². The molecular weight excluding hydrogens is 264 g/mol. The number of ether oxygens (including phenoxy) is 1. The molecule has 0 unspecified atom stereocenters. The molecule has 0 aliphatic carbocycles. The highest BCUT2D eigenvalue weighted by molar-refractivity contribution is 6.11. The van der Waals surface area contributed by atoms with Crippen LogP contribution in [0.1, 0.15) is 22.8 Å². The third kappa shape index (κ3) is 2.99. The number of nitrogen functional groups attached to an aromatic ring is 1. The minimum Gasteiger partial charge on any atom is -0.496 e. The monoisotopic (exact) mass is 284 g/mol. The fourth-order valence-corrected chi connectivity index (χ4v) is 2.32. The van der Waals surface area contributed by atoms with E-state index in [1.54, 1.807) is 23.1 Å². The average molecular weight is 284 g/mol. The minimum absolute atomic E-state index is 0.155. The van der Waals surface area contributed by atoms with Crippen LogP contribution >= 0.6 is 0 Å². The summed E-state index contributed by atoms with van der Waals surface area (Å²) in [6.45, 7) is 4.49. The number of carbonyl (C=O) groups is 1. The molecule has 0 atom stereocenters. The molecule has 0 spiro atoms. The topological polar surface area (TPSA) is 55.6 Å². The van der Waals surface area contributed by atoms with Crippen molar-refractivity contribution in [3.63, 3.8) is 0 Å². The van der Waals surface area contributed by atoms with Crippen LogP contribution in [0.3, 0.4) is 0 Å². The summed E-state index contributed by atoms with van der Waals surface area (Å²) >= 11 is 0. The Kier molecular flexibility index (Phi) is 4.48. The third-order valence-corrected chi connectivity index (χ3v) is 3.37. The molecule has 0 aromatic heterocycles. The number of methoxy groups -OCH3 is 1. The average Bonchev–Trinajstić information content (AvgIpc) is 2.47. The molecule has 0 aliphatic rings. The molecule has 2 aromatic rings. The molecule has 0 saturated heterocycles. The molecule has 4 nitrogen and oxygen atoms in total. The Morgan fingerprint density at radius 3 is 2.57 bits per heavy atom. The van der Waals surface area contributed by atoms with Crippen LogP contribution in [0.15, 0.2) is 42.5 Å². The second-order valence-corrected chi connectivity index (χ2v) is 4.81. The van der Waals surface area contributed by atoms with Crippen LogP contribution in [0, 0.1) is 6.92 Å². The van der Waals surface area contributed by atoms with Gasteiger partial charge in [0.15, 0.2) is 0 Å². The Hall–Kier alpha value is -2.49. The number of aryl methyl sites for hydroxylation is 1. The van der Waals surface area contributed by atoms with Crippen molar-refractivity contribution in [2.75, 3.05) is 24.3 Å². The molecule has 2 rings (SSSR count). The molecule has 110 valence electrons. The molecule has 0 heterocycles. The summed E-state index contributed by atoms with van der Waals surface area (Å²) in [5.74, 6) is 0.337. The van der Waals surface area contributed by atoms with Gasteiger partial charge in [-0.15, -0.1) is 0 Å². The quantitative estimate of drug-likeness (QED) is 0.877. The largest absolute Gasteiger partial charge is 0.496 e. The number of rotatable bonds is 4. The lowest BCUT2D eigenvalue weighted by atomic mass is 10.1. The standard InChI is InChI=1S/C17H20N2O2/c1-4-19(13-8-5-7-12(2)11-13)17(20)16-14(18)9-6-10-15(16)21-3/h5-11H,4,18H2,1-3H3. The number of nitrogens with zero attached hydrogens (tertiary/aromatic N) is 1. The minimum atomic E-state index is -0.155. The molecule has 0 radical (unpaired) electrons. The van der Waals surface area contributed by atoms with Crippen LogP contribution in [0.5, 0.6) is 5.75 Å². The van der Waals surface area contributed by atoms with Crippen LogP contribution < -0.4 is 15.4 Å². The summed E-state index contributed by atoms with van der Waals surface area (Å²) in [6.07, 6.45) is 0. The Labute approximate surface area is 125 Å². The normalized spacial score (nSPS) is 10.2.